The molecule has 0 unspecified atom stereocenters. The smallest absolute Gasteiger partial charge is 0.362 e. The van der Waals surface area contributed by atoms with Crippen molar-refractivity contribution < 1.29 is 14.4 Å². The van der Waals surface area contributed by atoms with E-state index in [1.54, 1.807) is 18.0 Å². The van der Waals surface area contributed by atoms with Crippen molar-refractivity contribution in [1.82, 2.24) is 9.55 Å². The number of carbonyl (C=O) groups is 1. The van der Waals surface area contributed by atoms with E-state index in [0.29, 0.717) is 10.9 Å². The molecule has 1 N–H and O–H groups in total. The van der Waals surface area contributed by atoms with Crippen LogP contribution in [0.4, 0.5) is 0 Å². The number of aromatic nitrogens is 2. The maximum atomic E-state index is 11.3. The molecule has 96 valence electrons. The van der Waals surface area contributed by atoms with Gasteiger partial charge in [-0.05, 0) is 6.26 Å². The van der Waals surface area contributed by atoms with E-state index in [0.717, 1.165) is 10.9 Å². The van der Waals surface area contributed by atoms with Gasteiger partial charge >= 0.3 is 5.97 Å². The summed E-state index contributed by atoms with van der Waals surface area (Å²) in [6.45, 7) is 0. The van der Waals surface area contributed by atoms with Crippen LogP contribution >= 0.6 is 11.8 Å². The summed E-state index contributed by atoms with van der Waals surface area (Å²) in [5.41, 5.74) is 0.954. The Morgan fingerprint density at radius 2 is 2.18 bits per heavy atom. The molecule has 0 aliphatic carbocycles. The first-order chi connectivity index (χ1) is 7.77. The van der Waals surface area contributed by atoms with Crippen molar-refractivity contribution in [3.63, 3.8) is 0 Å². The summed E-state index contributed by atoms with van der Waals surface area (Å²) >= 11 is 1.56. The van der Waals surface area contributed by atoms with E-state index in [1.807, 2.05) is 39.0 Å². The Balaban J connectivity index is 2.95. The molecule has 0 spiro atoms. The fourth-order valence-electron chi connectivity index (χ4n) is 1.70. The minimum absolute atomic E-state index is 0.398. The lowest BCUT2D eigenvalue weighted by atomic mass is 10.1. The quantitative estimate of drug-likeness (QED) is 0.628. The molecule has 1 rings (SSSR count). The van der Waals surface area contributed by atoms with Gasteiger partial charge in [0.2, 0.25) is 0 Å². The van der Waals surface area contributed by atoms with Gasteiger partial charge in [-0.3, -0.25) is 0 Å². The molecule has 17 heavy (non-hydrogen) atoms. The Morgan fingerprint density at radius 3 is 2.53 bits per heavy atom. The van der Waals surface area contributed by atoms with Gasteiger partial charge < -0.3 is 14.2 Å². The van der Waals surface area contributed by atoms with Crippen LogP contribution in [0.15, 0.2) is 11.4 Å². The van der Waals surface area contributed by atoms with E-state index in [1.165, 1.54) is 0 Å². The number of hydrogen-bond donors (Lipinski definition) is 1. The molecule has 0 aromatic carbocycles. The summed E-state index contributed by atoms with van der Waals surface area (Å²) in [5.74, 6) is -0.774. The lowest BCUT2D eigenvalue weighted by Gasteiger charge is -2.31. The van der Waals surface area contributed by atoms with Gasteiger partial charge in [0.05, 0.1) is 27.6 Å². The molecule has 0 aliphatic rings. The topological polar surface area (TPSA) is 55.1 Å². The van der Waals surface area contributed by atoms with Crippen molar-refractivity contribution in [3.8, 4) is 0 Å². The third-order valence-corrected chi connectivity index (χ3v) is 3.59. The number of quaternary nitrogens is 1. The SMILES string of the molecule is CSc1ncc(C[C@@H](C(=O)O)[N+](C)(C)C)n1C. The molecule has 0 saturated carbocycles. The Morgan fingerprint density at radius 1 is 1.59 bits per heavy atom. The van der Waals surface area contributed by atoms with Gasteiger partial charge in [-0.25, -0.2) is 9.78 Å². The molecule has 0 amide bonds. The third kappa shape index (κ3) is 3.23. The number of carboxylic acids is 1. The van der Waals surface area contributed by atoms with Crippen LogP contribution < -0.4 is 0 Å². The standard InChI is InChI=1S/C11H19N3O2S/c1-13-8(7-12-11(13)17-5)6-9(10(15)16)14(2,3)4/h7,9H,6H2,1-5H3/p+1/t9-/m0/s1. The highest BCUT2D eigenvalue weighted by Gasteiger charge is 2.32. The molecule has 1 heterocycles. The van der Waals surface area contributed by atoms with Crippen LogP contribution in [0.5, 0.6) is 0 Å². The lowest BCUT2D eigenvalue weighted by molar-refractivity contribution is -0.887. The van der Waals surface area contributed by atoms with Crippen molar-refractivity contribution in [2.45, 2.75) is 17.6 Å². The monoisotopic (exact) mass is 258 g/mol. The number of rotatable bonds is 5. The molecule has 1 aromatic heterocycles. The van der Waals surface area contributed by atoms with E-state index in [4.69, 9.17) is 0 Å². The minimum atomic E-state index is -0.774. The van der Waals surface area contributed by atoms with E-state index in [2.05, 4.69) is 4.98 Å². The summed E-state index contributed by atoms with van der Waals surface area (Å²) in [6, 6.07) is -0.458. The molecule has 6 heteroatoms. The number of aliphatic carboxylic acids is 1. The van der Waals surface area contributed by atoms with Gasteiger partial charge in [0.1, 0.15) is 0 Å². The maximum absolute atomic E-state index is 11.3. The first-order valence-electron chi connectivity index (χ1n) is 5.36. The Kier molecular flexibility index (Phi) is 4.21. The predicted octanol–water partition coefficient (Wildman–Crippen LogP) is 0.844. The minimum Gasteiger partial charge on any atom is -0.477 e. The molecule has 1 aromatic rings. The van der Waals surface area contributed by atoms with Gasteiger partial charge in [0.15, 0.2) is 11.2 Å². The van der Waals surface area contributed by atoms with Crippen LogP contribution in [0, 0.1) is 0 Å². The Labute approximate surface area is 106 Å². The second-order valence-corrected chi connectivity index (χ2v) is 5.74. The number of likely N-dealkylation sites (N-methyl/N-ethyl adjacent to an activating group) is 1. The molecule has 5 nitrogen and oxygen atoms in total. The molecule has 0 bridgehead atoms. The summed E-state index contributed by atoms with van der Waals surface area (Å²) in [6.07, 6.45) is 4.21. The van der Waals surface area contributed by atoms with Crippen LogP contribution in [0.3, 0.4) is 0 Å². The Bertz CT molecular complexity index is 409. The Hall–Kier alpha value is -1.01. The first kappa shape index (κ1) is 14.1. The fraction of sp³-hybridized carbons (Fsp3) is 0.636. The van der Waals surface area contributed by atoms with Gasteiger partial charge in [-0.2, -0.15) is 0 Å². The predicted molar refractivity (Wildman–Crippen MR) is 68.1 cm³/mol. The van der Waals surface area contributed by atoms with Crippen molar-refractivity contribution >= 4 is 17.7 Å². The largest absolute Gasteiger partial charge is 0.477 e. The summed E-state index contributed by atoms with van der Waals surface area (Å²) in [7, 11) is 7.60. The van der Waals surface area contributed by atoms with Crippen molar-refractivity contribution in [3.05, 3.63) is 11.9 Å². The summed E-state index contributed by atoms with van der Waals surface area (Å²) < 4.78 is 2.35. The molecule has 0 saturated heterocycles. The zero-order chi connectivity index (χ0) is 13.2. The van der Waals surface area contributed by atoms with Crippen LogP contribution in [0.2, 0.25) is 0 Å². The van der Waals surface area contributed by atoms with E-state index < -0.39 is 12.0 Å². The second kappa shape index (κ2) is 5.10. The van der Waals surface area contributed by atoms with Crippen molar-refractivity contribution in [2.24, 2.45) is 7.05 Å². The summed E-state index contributed by atoms with van der Waals surface area (Å²) in [5, 5.41) is 10.2. The normalized spacial score (nSPS) is 13.7. The van der Waals surface area contributed by atoms with Gasteiger partial charge in [-0.1, -0.05) is 11.8 Å². The maximum Gasteiger partial charge on any atom is 0.362 e. The van der Waals surface area contributed by atoms with Gasteiger partial charge in [0.25, 0.3) is 0 Å². The average Bonchev–Trinajstić information content (AvgIpc) is 2.53. The van der Waals surface area contributed by atoms with Crippen LogP contribution in [0.25, 0.3) is 0 Å². The fourth-order valence-corrected chi connectivity index (χ4v) is 2.24. The second-order valence-electron chi connectivity index (χ2n) is 4.97. The van der Waals surface area contributed by atoms with Crippen LogP contribution in [-0.4, -0.2) is 58.6 Å². The molecule has 1 atom stereocenters. The lowest BCUT2D eigenvalue weighted by Crippen LogP contribution is -2.51. The molecular formula is C11H20N3O2S+. The van der Waals surface area contributed by atoms with Gasteiger partial charge in [-0.15, -0.1) is 0 Å². The molecule has 0 radical (unpaired) electrons. The molecule has 0 aliphatic heterocycles. The first-order valence-corrected chi connectivity index (χ1v) is 6.58. The van der Waals surface area contributed by atoms with Crippen molar-refractivity contribution in [2.75, 3.05) is 27.4 Å². The zero-order valence-electron chi connectivity index (χ0n) is 11.0. The summed E-state index contributed by atoms with van der Waals surface area (Å²) in [4.78, 5) is 15.5. The van der Waals surface area contributed by atoms with E-state index in [-0.39, 0.29) is 0 Å². The van der Waals surface area contributed by atoms with Crippen LogP contribution in [0.1, 0.15) is 5.69 Å². The average molecular weight is 258 g/mol. The number of carboxylic acid groups (broad SMARTS) is 1. The van der Waals surface area contributed by atoms with E-state index in [9.17, 15) is 9.90 Å². The van der Waals surface area contributed by atoms with Crippen molar-refractivity contribution in [1.29, 1.82) is 0 Å². The number of hydrogen-bond acceptors (Lipinski definition) is 3. The number of imidazole rings is 1. The third-order valence-electron chi connectivity index (χ3n) is 2.85. The highest BCUT2D eigenvalue weighted by Crippen LogP contribution is 2.17. The number of nitrogens with zero attached hydrogens (tertiary/aromatic N) is 3. The highest BCUT2D eigenvalue weighted by atomic mass is 32.2. The zero-order valence-corrected chi connectivity index (χ0v) is 11.8. The molecular weight excluding hydrogens is 238 g/mol. The van der Waals surface area contributed by atoms with E-state index >= 15 is 0 Å². The van der Waals surface area contributed by atoms with Crippen LogP contribution in [-0.2, 0) is 18.3 Å². The number of thioether (sulfide) groups is 1. The molecule has 0 fully saturated rings. The highest BCUT2D eigenvalue weighted by molar-refractivity contribution is 7.98. The van der Waals surface area contributed by atoms with Gasteiger partial charge in [0, 0.05) is 18.9 Å².